The number of rotatable bonds is 5. The maximum Gasteiger partial charge on any atom is 0.303 e. The normalized spacial score (nSPS) is 15.8. The van der Waals surface area contributed by atoms with Crippen LogP contribution in [0.1, 0.15) is 47.7 Å². The van der Waals surface area contributed by atoms with Gasteiger partial charge >= 0.3 is 5.97 Å². The van der Waals surface area contributed by atoms with Gasteiger partial charge in [0.15, 0.2) is 0 Å². The zero-order valence-corrected chi connectivity index (χ0v) is 13.2. The van der Waals surface area contributed by atoms with Gasteiger partial charge in [0.1, 0.15) is 5.01 Å². The third-order valence-electron chi connectivity index (χ3n) is 3.76. The van der Waals surface area contributed by atoms with E-state index in [9.17, 15) is 9.59 Å². The van der Waals surface area contributed by atoms with Crippen molar-refractivity contribution in [3.05, 3.63) is 15.6 Å². The Labute approximate surface area is 129 Å². The summed E-state index contributed by atoms with van der Waals surface area (Å²) >= 11 is 1.48. The lowest BCUT2D eigenvalue weighted by Crippen LogP contribution is -2.33. The lowest BCUT2D eigenvalue weighted by Gasteiger charge is -2.19. The number of thiazole rings is 1. The number of hydrogen-bond acceptors (Lipinski definition) is 4. The summed E-state index contributed by atoms with van der Waals surface area (Å²) in [4.78, 5) is 30.3. The van der Waals surface area contributed by atoms with Gasteiger partial charge in [-0.3, -0.25) is 9.59 Å². The molecule has 21 heavy (non-hydrogen) atoms. The van der Waals surface area contributed by atoms with E-state index in [0.717, 1.165) is 41.5 Å². The molecule has 0 saturated carbocycles. The summed E-state index contributed by atoms with van der Waals surface area (Å²) in [5.74, 6) is -0.652. The fraction of sp³-hybridized carbons (Fsp3) is 0.667. The van der Waals surface area contributed by atoms with Crippen LogP contribution in [0.5, 0.6) is 0 Å². The first-order valence-corrected chi connectivity index (χ1v) is 8.32. The van der Waals surface area contributed by atoms with Crippen molar-refractivity contribution in [2.75, 3.05) is 13.1 Å². The molecule has 1 fully saturated rings. The van der Waals surface area contributed by atoms with Crippen LogP contribution in [0.25, 0.3) is 0 Å². The van der Waals surface area contributed by atoms with Gasteiger partial charge in [-0.1, -0.05) is 12.8 Å². The van der Waals surface area contributed by atoms with Crippen molar-refractivity contribution >= 4 is 23.2 Å². The average molecular weight is 310 g/mol. The molecular weight excluding hydrogens is 288 g/mol. The number of likely N-dealkylation sites (tertiary alicyclic amines) is 1. The first-order valence-electron chi connectivity index (χ1n) is 7.51. The van der Waals surface area contributed by atoms with E-state index in [1.807, 2.05) is 11.8 Å². The third kappa shape index (κ3) is 4.81. The number of hydrogen-bond donors (Lipinski definition) is 1. The van der Waals surface area contributed by atoms with Crippen molar-refractivity contribution in [1.82, 2.24) is 9.88 Å². The van der Waals surface area contributed by atoms with Crippen LogP contribution in [-0.4, -0.2) is 40.0 Å². The van der Waals surface area contributed by atoms with Gasteiger partial charge in [0.05, 0.1) is 18.5 Å². The SMILES string of the molecule is Cc1nc(CC(=O)N2CCCCCC2)sc1CCC(=O)O. The minimum absolute atomic E-state index is 0.114. The number of aliphatic carboxylic acids is 1. The second-order valence-electron chi connectivity index (χ2n) is 5.48. The molecule has 0 bridgehead atoms. The van der Waals surface area contributed by atoms with E-state index in [2.05, 4.69) is 4.98 Å². The van der Waals surface area contributed by atoms with E-state index in [4.69, 9.17) is 5.11 Å². The van der Waals surface area contributed by atoms with Crippen LogP contribution < -0.4 is 0 Å². The molecule has 6 heteroatoms. The molecule has 0 aromatic carbocycles. The first kappa shape index (κ1) is 15.9. The topological polar surface area (TPSA) is 70.5 Å². The van der Waals surface area contributed by atoms with E-state index in [1.54, 1.807) is 0 Å². The smallest absolute Gasteiger partial charge is 0.303 e. The molecule has 1 saturated heterocycles. The van der Waals surface area contributed by atoms with Gasteiger partial charge in [0, 0.05) is 18.0 Å². The highest BCUT2D eigenvalue weighted by atomic mass is 32.1. The second-order valence-corrected chi connectivity index (χ2v) is 6.65. The molecule has 0 radical (unpaired) electrons. The molecule has 0 spiro atoms. The first-order chi connectivity index (χ1) is 10.1. The van der Waals surface area contributed by atoms with Crippen LogP contribution in [0, 0.1) is 6.92 Å². The van der Waals surface area contributed by atoms with E-state index in [-0.39, 0.29) is 12.3 Å². The molecule has 1 aliphatic heterocycles. The Balaban J connectivity index is 1.94. The van der Waals surface area contributed by atoms with Crippen LogP contribution in [0.2, 0.25) is 0 Å². The summed E-state index contributed by atoms with van der Waals surface area (Å²) in [6.45, 7) is 3.59. The van der Waals surface area contributed by atoms with Gasteiger partial charge in [-0.05, 0) is 26.2 Å². The standard InChI is InChI=1S/C15H22N2O3S/c1-11-12(6-7-15(19)20)21-13(16-11)10-14(18)17-8-4-2-3-5-9-17/h2-10H2,1H3,(H,19,20). The highest BCUT2D eigenvalue weighted by Gasteiger charge is 2.18. The summed E-state index contributed by atoms with van der Waals surface area (Å²) in [6.07, 6.45) is 5.55. The van der Waals surface area contributed by atoms with Crippen molar-refractivity contribution in [1.29, 1.82) is 0 Å². The van der Waals surface area contributed by atoms with Gasteiger partial charge in [-0.15, -0.1) is 11.3 Å². The summed E-state index contributed by atoms with van der Waals surface area (Å²) in [6, 6.07) is 0. The molecule has 1 aromatic rings. The summed E-state index contributed by atoms with van der Waals surface area (Å²) in [5, 5.41) is 9.55. The molecule has 0 unspecified atom stereocenters. The van der Waals surface area contributed by atoms with Crippen LogP contribution >= 0.6 is 11.3 Å². The zero-order chi connectivity index (χ0) is 15.2. The Morgan fingerprint density at radius 3 is 2.52 bits per heavy atom. The molecule has 0 aliphatic carbocycles. The number of carboxylic acids is 1. The van der Waals surface area contributed by atoms with Crippen molar-refractivity contribution in [3.8, 4) is 0 Å². The Morgan fingerprint density at radius 1 is 1.24 bits per heavy atom. The monoisotopic (exact) mass is 310 g/mol. The maximum atomic E-state index is 12.3. The van der Waals surface area contributed by atoms with E-state index >= 15 is 0 Å². The lowest BCUT2D eigenvalue weighted by atomic mass is 10.2. The van der Waals surface area contributed by atoms with Gasteiger partial charge in [-0.2, -0.15) is 0 Å². The largest absolute Gasteiger partial charge is 0.481 e. The van der Waals surface area contributed by atoms with Crippen molar-refractivity contribution in [2.24, 2.45) is 0 Å². The van der Waals surface area contributed by atoms with Crippen LogP contribution in [-0.2, 0) is 22.4 Å². The number of carbonyl (C=O) groups is 2. The fourth-order valence-corrected chi connectivity index (χ4v) is 3.64. The van der Waals surface area contributed by atoms with E-state index in [1.165, 1.54) is 24.2 Å². The van der Waals surface area contributed by atoms with Gasteiger partial charge in [-0.25, -0.2) is 4.98 Å². The van der Waals surface area contributed by atoms with Crippen molar-refractivity contribution in [2.45, 2.75) is 51.9 Å². The van der Waals surface area contributed by atoms with Crippen molar-refractivity contribution < 1.29 is 14.7 Å². The number of aryl methyl sites for hydroxylation is 2. The quantitative estimate of drug-likeness (QED) is 0.906. The molecule has 116 valence electrons. The number of carboxylic acid groups (broad SMARTS) is 1. The molecular formula is C15H22N2O3S. The predicted molar refractivity (Wildman–Crippen MR) is 81.6 cm³/mol. The van der Waals surface area contributed by atoms with Crippen LogP contribution in [0.4, 0.5) is 0 Å². The lowest BCUT2D eigenvalue weighted by molar-refractivity contribution is -0.137. The Hall–Kier alpha value is -1.43. The minimum Gasteiger partial charge on any atom is -0.481 e. The highest BCUT2D eigenvalue weighted by molar-refractivity contribution is 7.11. The predicted octanol–water partition coefficient (Wildman–Crippen LogP) is 2.41. The van der Waals surface area contributed by atoms with Crippen LogP contribution in [0.3, 0.4) is 0 Å². The number of amides is 1. The summed E-state index contributed by atoms with van der Waals surface area (Å²) in [7, 11) is 0. The molecule has 2 rings (SSSR count). The average Bonchev–Trinajstić information content (AvgIpc) is 2.66. The number of carbonyl (C=O) groups excluding carboxylic acids is 1. The molecule has 1 aliphatic rings. The Bertz CT molecular complexity index is 505. The summed E-state index contributed by atoms with van der Waals surface area (Å²) in [5.41, 5.74) is 0.861. The Kier molecular flexibility index (Phi) is 5.73. The fourth-order valence-electron chi connectivity index (χ4n) is 2.58. The third-order valence-corrected chi connectivity index (χ3v) is 4.98. The van der Waals surface area contributed by atoms with E-state index in [0.29, 0.717) is 12.8 Å². The van der Waals surface area contributed by atoms with E-state index < -0.39 is 5.97 Å². The van der Waals surface area contributed by atoms with Gasteiger partial charge in [0.2, 0.25) is 5.91 Å². The number of aromatic nitrogens is 1. The zero-order valence-electron chi connectivity index (χ0n) is 12.4. The second kappa shape index (κ2) is 7.54. The molecule has 5 nitrogen and oxygen atoms in total. The summed E-state index contributed by atoms with van der Waals surface area (Å²) < 4.78 is 0. The van der Waals surface area contributed by atoms with Gasteiger partial charge in [0.25, 0.3) is 0 Å². The minimum atomic E-state index is -0.801. The van der Waals surface area contributed by atoms with Crippen LogP contribution in [0.15, 0.2) is 0 Å². The Morgan fingerprint density at radius 2 is 1.90 bits per heavy atom. The highest BCUT2D eigenvalue weighted by Crippen LogP contribution is 2.21. The molecule has 1 N–H and O–H groups in total. The van der Waals surface area contributed by atoms with Gasteiger partial charge < -0.3 is 10.0 Å². The molecule has 1 aromatic heterocycles. The maximum absolute atomic E-state index is 12.3. The molecule has 2 heterocycles. The number of nitrogens with zero attached hydrogens (tertiary/aromatic N) is 2. The molecule has 0 atom stereocenters. The van der Waals surface area contributed by atoms with Crippen molar-refractivity contribution in [3.63, 3.8) is 0 Å². The molecule has 1 amide bonds.